The Morgan fingerprint density at radius 3 is 2.76 bits per heavy atom. The van der Waals surface area contributed by atoms with E-state index < -0.39 is 0 Å². The fourth-order valence-corrected chi connectivity index (χ4v) is 2.56. The molecule has 17 heavy (non-hydrogen) atoms. The van der Waals surface area contributed by atoms with E-state index in [1.54, 1.807) is 25.2 Å². The summed E-state index contributed by atoms with van der Waals surface area (Å²) in [5.74, 6) is 0.402. The van der Waals surface area contributed by atoms with Crippen molar-refractivity contribution in [2.75, 3.05) is 0 Å². The highest BCUT2D eigenvalue weighted by atomic mass is 16.2. The summed E-state index contributed by atoms with van der Waals surface area (Å²) in [7, 11) is 0. The average Bonchev–Trinajstić information content (AvgIpc) is 3.13. The molecular weight excluding hydrogens is 212 g/mol. The lowest BCUT2D eigenvalue weighted by Crippen LogP contribution is -2.20. The maximum atomic E-state index is 12.1. The average molecular weight is 230 g/mol. The number of fused-ring (bicyclic) bond motifs is 1. The molecule has 90 valence electrons. The van der Waals surface area contributed by atoms with Crippen LogP contribution in [-0.4, -0.2) is 11.6 Å². The number of Topliss-reactive ketones (excluding diaryl/α,β-unsaturated/α-hetero) is 2. The Balaban J connectivity index is 2.15. The zero-order valence-corrected chi connectivity index (χ0v) is 10.4. The molecule has 0 radical (unpaired) electrons. The van der Waals surface area contributed by atoms with E-state index in [1.165, 1.54) is 6.42 Å². The zero-order valence-electron chi connectivity index (χ0n) is 10.4. The summed E-state index contributed by atoms with van der Waals surface area (Å²) >= 11 is 0. The van der Waals surface area contributed by atoms with Gasteiger partial charge in [0.15, 0.2) is 0 Å². The van der Waals surface area contributed by atoms with E-state index in [4.69, 9.17) is 0 Å². The van der Waals surface area contributed by atoms with Crippen LogP contribution in [0.1, 0.15) is 33.1 Å². The fourth-order valence-electron chi connectivity index (χ4n) is 2.56. The Hall–Kier alpha value is -1.44. The molecule has 2 aliphatic carbocycles. The minimum absolute atomic E-state index is 0.289. The van der Waals surface area contributed by atoms with Crippen molar-refractivity contribution in [3.05, 3.63) is 35.5 Å². The minimum Gasteiger partial charge on any atom is -0.285 e. The van der Waals surface area contributed by atoms with Gasteiger partial charge in [0.05, 0.1) is 0 Å². The van der Waals surface area contributed by atoms with Crippen LogP contribution in [0.4, 0.5) is 0 Å². The highest BCUT2D eigenvalue weighted by Gasteiger charge is 2.44. The molecule has 0 spiro atoms. The first-order valence-electron chi connectivity index (χ1n) is 6.27. The van der Waals surface area contributed by atoms with Crippen LogP contribution in [0.25, 0.3) is 0 Å². The van der Waals surface area contributed by atoms with Gasteiger partial charge in [-0.05, 0) is 44.9 Å². The Morgan fingerprint density at radius 2 is 2.12 bits per heavy atom. The number of rotatable bonds is 4. The molecule has 2 heteroatoms. The molecule has 2 nitrogen and oxygen atoms in total. The third-order valence-corrected chi connectivity index (χ3v) is 3.61. The van der Waals surface area contributed by atoms with Crippen LogP contribution in [0.15, 0.2) is 35.5 Å². The van der Waals surface area contributed by atoms with Gasteiger partial charge in [-0.15, -0.1) is 0 Å². The van der Waals surface area contributed by atoms with E-state index in [1.807, 2.05) is 13.0 Å². The van der Waals surface area contributed by atoms with Crippen molar-refractivity contribution in [3.8, 4) is 0 Å². The van der Waals surface area contributed by atoms with Gasteiger partial charge in [0.2, 0.25) is 11.6 Å². The van der Waals surface area contributed by atoms with Crippen LogP contribution in [0, 0.1) is 11.8 Å². The van der Waals surface area contributed by atoms with Crippen molar-refractivity contribution < 1.29 is 9.59 Å². The van der Waals surface area contributed by atoms with Crippen molar-refractivity contribution in [1.82, 2.24) is 0 Å². The summed E-state index contributed by atoms with van der Waals surface area (Å²) in [6.45, 7) is 3.63. The van der Waals surface area contributed by atoms with Gasteiger partial charge in [0, 0.05) is 11.1 Å². The van der Waals surface area contributed by atoms with Crippen LogP contribution >= 0.6 is 0 Å². The molecule has 0 heterocycles. The quantitative estimate of drug-likeness (QED) is 0.422. The van der Waals surface area contributed by atoms with Crippen LogP contribution in [0.2, 0.25) is 0 Å². The maximum absolute atomic E-state index is 12.1. The Morgan fingerprint density at radius 1 is 1.35 bits per heavy atom. The van der Waals surface area contributed by atoms with Gasteiger partial charge in [-0.1, -0.05) is 24.3 Å². The second kappa shape index (κ2) is 4.82. The summed E-state index contributed by atoms with van der Waals surface area (Å²) < 4.78 is 0. The van der Waals surface area contributed by atoms with Gasteiger partial charge in [0.1, 0.15) is 0 Å². The van der Waals surface area contributed by atoms with Crippen molar-refractivity contribution in [2.24, 2.45) is 11.8 Å². The molecule has 1 saturated carbocycles. The lowest BCUT2D eigenvalue weighted by Gasteiger charge is -2.10. The van der Waals surface area contributed by atoms with E-state index in [-0.39, 0.29) is 11.6 Å². The summed E-state index contributed by atoms with van der Waals surface area (Å²) in [5.41, 5.74) is 1.27. The van der Waals surface area contributed by atoms with Crippen molar-refractivity contribution in [2.45, 2.75) is 33.1 Å². The SMILES string of the molecule is C/C=C\C(=C/C)C(=O)C(=O)C1=CCCC2CC12. The largest absolute Gasteiger partial charge is 0.285 e. The van der Waals surface area contributed by atoms with Gasteiger partial charge in [-0.2, -0.15) is 0 Å². The van der Waals surface area contributed by atoms with E-state index in [0.717, 1.165) is 18.4 Å². The third-order valence-electron chi connectivity index (χ3n) is 3.61. The van der Waals surface area contributed by atoms with Gasteiger partial charge in [-0.3, -0.25) is 9.59 Å². The lowest BCUT2D eigenvalue weighted by atomic mass is 9.92. The van der Waals surface area contributed by atoms with E-state index >= 15 is 0 Å². The first kappa shape index (κ1) is 12.0. The Bertz CT molecular complexity index is 438. The molecule has 0 aromatic heterocycles. The molecule has 0 aliphatic heterocycles. The number of hydrogen-bond donors (Lipinski definition) is 0. The van der Waals surface area contributed by atoms with Crippen molar-refractivity contribution >= 4 is 11.6 Å². The standard InChI is InChI=1S/C15H18O2/c1-3-6-10(4-2)14(16)15(17)12-8-5-7-11-9-13(11)12/h3-4,6,8,11,13H,5,7,9H2,1-2H3/b6-3-,10-4+. The predicted molar refractivity (Wildman–Crippen MR) is 67.5 cm³/mol. The molecule has 0 bridgehead atoms. The summed E-state index contributed by atoms with van der Waals surface area (Å²) in [6, 6.07) is 0. The molecule has 2 rings (SSSR count). The number of allylic oxidation sites excluding steroid dienone is 6. The van der Waals surface area contributed by atoms with Crippen LogP contribution < -0.4 is 0 Å². The lowest BCUT2D eigenvalue weighted by molar-refractivity contribution is -0.132. The number of hydrogen-bond acceptors (Lipinski definition) is 2. The first-order valence-corrected chi connectivity index (χ1v) is 6.27. The van der Waals surface area contributed by atoms with Gasteiger partial charge in [0.25, 0.3) is 0 Å². The van der Waals surface area contributed by atoms with E-state index in [2.05, 4.69) is 0 Å². The summed E-state index contributed by atoms with van der Waals surface area (Å²) in [4.78, 5) is 24.1. The molecule has 0 saturated heterocycles. The Kier molecular flexibility index (Phi) is 3.41. The van der Waals surface area contributed by atoms with E-state index in [0.29, 0.717) is 17.4 Å². The molecule has 2 aliphatic rings. The second-order valence-corrected chi connectivity index (χ2v) is 4.74. The van der Waals surface area contributed by atoms with Crippen LogP contribution in [0.3, 0.4) is 0 Å². The molecular formula is C15H18O2. The first-order chi connectivity index (χ1) is 8.19. The monoisotopic (exact) mass is 230 g/mol. The van der Waals surface area contributed by atoms with E-state index in [9.17, 15) is 9.59 Å². The molecule has 1 fully saturated rings. The van der Waals surface area contributed by atoms with Crippen molar-refractivity contribution in [3.63, 3.8) is 0 Å². The van der Waals surface area contributed by atoms with Crippen molar-refractivity contribution in [1.29, 1.82) is 0 Å². The smallest absolute Gasteiger partial charge is 0.232 e. The number of carbonyl (C=O) groups excluding carboxylic acids is 2. The molecule has 2 atom stereocenters. The summed E-state index contributed by atoms with van der Waals surface area (Å²) in [6.07, 6.45) is 10.4. The Labute approximate surface area is 102 Å². The normalized spacial score (nSPS) is 27.6. The topological polar surface area (TPSA) is 34.1 Å². The van der Waals surface area contributed by atoms with Gasteiger partial charge >= 0.3 is 0 Å². The predicted octanol–water partition coefficient (Wildman–Crippen LogP) is 3.00. The van der Waals surface area contributed by atoms with Gasteiger partial charge < -0.3 is 0 Å². The molecule has 2 unspecified atom stereocenters. The molecule has 0 amide bonds. The van der Waals surface area contributed by atoms with Gasteiger partial charge in [-0.25, -0.2) is 0 Å². The maximum Gasteiger partial charge on any atom is 0.232 e. The molecule has 0 aromatic rings. The second-order valence-electron chi connectivity index (χ2n) is 4.74. The summed E-state index contributed by atoms with van der Waals surface area (Å²) in [5, 5.41) is 0. The number of carbonyl (C=O) groups is 2. The minimum atomic E-state index is -0.357. The third kappa shape index (κ3) is 2.31. The highest BCUT2D eigenvalue weighted by molar-refractivity contribution is 6.49. The highest BCUT2D eigenvalue weighted by Crippen LogP contribution is 2.50. The molecule has 0 N–H and O–H groups in total. The number of ketones is 2. The van der Waals surface area contributed by atoms with Crippen LogP contribution in [0.5, 0.6) is 0 Å². The fraction of sp³-hybridized carbons (Fsp3) is 0.467. The molecule has 0 aromatic carbocycles. The van der Waals surface area contributed by atoms with Crippen LogP contribution in [-0.2, 0) is 9.59 Å². The zero-order chi connectivity index (χ0) is 12.4.